The Balaban J connectivity index is 0.000000720. The van der Waals surface area contributed by atoms with E-state index in [0.29, 0.717) is 6.54 Å². The first kappa shape index (κ1) is 6.37. The van der Waals surface area contributed by atoms with Gasteiger partial charge in [0.25, 0.3) is 0 Å². The first-order valence-electron chi connectivity index (χ1n) is 3.52. The monoisotopic (exact) mass is 148 g/mol. The van der Waals surface area contributed by atoms with Crippen molar-refractivity contribution in [3.8, 4) is 0 Å². The molecule has 11 heavy (non-hydrogen) atoms. The molecule has 56 valence electrons. The Bertz CT molecular complexity index is 298. The molecule has 0 radical (unpaired) electrons. The average molecular weight is 148 g/mol. The number of fused-ring (bicyclic) bond motifs is 1. The zero-order valence-corrected chi connectivity index (χ0v) is 6.07. The largest absolute Gasteiger partial charge is 1.00 e. The maximum Gasteiger partial charge on any atom is 1.00 e. The van der Waals surface area contributed by atoms with Gasteiger partial charge in [-0.1, -0.05) is 12.1 Å². The van der Waals surface area contributed by atoms with Crippen LogP contribution in [0, 0.1) is 0 Å². The van der Waals surface area contributed by atoms with Gasteiger partial charge in [0, 0.05) is 6.21 Å². The highest BCUT2D eigenvalue weighted by Crippen LogP contribution is 2.27. The Kier molecular flexibility index (Phi) is 1.36. The van der Waals surface area contributed by atoms with Gasteiger partial charge >= 0.3 is 1.43 Å². The van der Waals surface area contributed by atoms with E-state index in [-0.39, 0.29) is 1.43 Å². The SMILES string of the molecule is NN1CC=Nc2ccccc21.[H+]. The molecule has 1 heterocycles. The molecule has 0 aromatic heterocycles. The number of para-hydroxylation sites is 2. The van der Waals surface area contributed by atoms with Crippen molar-refractivity contribution in [2.45, 2.75) is 0 Å². The topological polar surface area (TPSA) is 41.6 Å². The minimum absolute atomic E-state index is 0. The first-order chi connectivity index (χ1) is 5.38. The van der Waals surface area contributed by atoms with E-state index in [1.807, 2.05) is 30.5 Å². The Morgan fingerprint density at radius 2 is 2.27 bits per heavy atom. The molecule has 3 heteroatoms. The molecule has 0 saturated carbocycles. The standard InChI is InChI=1S/C8H9N3/c9-11-6-5-10-7-3-1-2-4-8(7)11/h1-5H,6,9H2/p+1. The van der Waals surface area contributed by atoms with E-state index in [4.69, 9.17) is 5.84 Å². The van der Waals surface area contributed by atoms with Crippen molar-refractivity contribution in [2.75, 3.05) is 11.6 Å². The molecule has 1 aliphatic heterocycles. The van der Waals surface area contributed by atoms with Gasteiger partial charge in [0.2, 0.25) is 0 Å². The van der Waals surface area contributed by atoms with Crippen LogP contribution in [-0.2, 0) is 0 Å². The lowest BCUT2D eigenvalue weighted by molar-refractivity contribution is 0.958. The number of aliphatic imine (C=N–C) groups is 1. The van der Waals surface area contributed by atoms with Gasteiger partial charge in [0.05, 0.1) is 17.9 Å². The summed E-state index contributed by atoms with van der Waals surface area (Å²) in [5, 5.41) is 1.68. The predicted octanol–water partition coefficient (Wildman–Crippen LogP) is 1.20. The average Bonchev–Trinajstić information content (AvgIpc) is 2.06. The number of nitrogens with zero attached hydrogens (tertiary/aromatic N) is 2. The van der Waals surface area contributed by atoms with Crippen molar-refractivity contribution >= 4 is 17.6 Å². The summed E-state index contributed by atoms with van der Waals surface area (Å²) in [6.07, 6.45) is 1.81. The predicted molar refractivity (Wildman–Crippen MR) is 47.2 cm³/mol. The van der Waals surface area contributed by atoms with Gasteiger partial charge in [0.1, 0.15) is 0 Å². The second-order valence-corrected chi connectivity index (χ2v) is 2.45. The van der Waals surface area contributed by atoms with E-state index in [1.165, 1.54) is 0 Å². The number of nitrogens with two attached hydrogens (primary N) is 1. The molecule has 3 nitrogen and oxygen atoms in total. The highest BCUT2D eigenvalue weighted by molar-refractivity contribution is 5.80. The van der Waals surface area contributed by atoms with E-state index in [2.05, 4.69) is 4.99 Å². The van der Waals surface area contributed by atoms with Gasteiger partial charge in [-0.25, -0.2) is 5.84 Å². The summed E-state index contributed by atoms with van der Waals surface area (Å²) in [5.41, 5.74) is 1.94. The lowest BCUT2D eigenvalue weighted by atomic mass is 10.2. The Hall–Kier alpha value is -1.35. The van der Waals surface area contributed by atoms with Crippen LogP contribution in [0.5, 0.6) is 0 Å². The fourth-order valence-electron chi connectivity index (χ4n) is 1.14. The molecular weight excluding hydrogens is 138 g/mol. The van der Waals surface area contributed by atoms with Crippen LogP contribution < -0.4 is 10.9 Å². The molecule has 1 aromatic carbocycles. The molecule has 0 atom stereocenters. The van der Waals surface area contributed by atoms with Crippen molar-refractivity contribution in [1.82, 2.24) is 0 Å². The van der Waals surface area contributed by atoms with Crippen LogP contribution in [0.25, 0.3) is 0 Å². The number of benzene rings is 1. The van der Waals surface area contributed by atoms with E-state index in [1.54, 1.807) is 5.01 Å². The summed E-state index contributed by atoms with van der Waals surface area (Å²) in [6, 6.07) is 7.82. The Labute approximate surface area is 66.6 Å². The molecule has 1 aromatic rings. The minimum atomic E-state index is 0. The summed E-state index contributed by atoms with van der Waals surface area (Å²) in [7, 11) is 0. The van der Waals surface area contributed by atoms with Gasteiger partial charge in [-0.3, -0.25) is 4.99 Å². The molecule has 2 N–H and O–H groups in total. The van der Waals surface area contributed by atoms with E-state index in [9.17, 15) is 0 Å². The maximum atomic E-state index is 5.69. The second kappa shape index (κ2) is 2.36. The molecule has 1 aliphatic rings. The quantitative estimate of drug-likeness (QED) is 0.561. The number of hydrogen-bond donors (Lipinski definition) is 1. The highest BCUT2D eigenvalue weighted by atomic mass is 15.4. The van der Waals surface area contributed by atoms with Gasteiger partial charge < -0.3 is 5.01 Å². The van der Waals surface area contributed by atoms with E-state index in [0.717, 1.165) is 11.4 Å². The van der Waals surface area contributed by atoms with Crippen molar-refractivity contribution < 1.29 is 1.43 Å². The number of hydrazine groups is 1. The van der Waals surface area contributed by atoms with E-state index < -0.39 is 0 Å². The fraction of sp³-hybridized carbons (Fsp3) is 0.125. The normalized spacial score (nSPS) is 14.8. The zero-order valence-electron chi connectivity index (χ0n) is 7.07. The Morgan fingerprint density at radius 1 is 1.45 bits per heavy atom. The molecule has 0 amide bonds. The third-order valence-corrected chi connectivity index (χ3v) is 1.70. The molecule has 0 saturated heterocycles. The molecule has 0 aliphatic carbocycles. The number of rotatable bonds is 0. The minimum Gasteiger partial charge on any atom is -0.304 e. The van der Waals surface area contributed by atoms with Crippen molar-refractivity contribution in [3.63, 3.8) is 0 Å². The molecular formula is C8H10N3+. The van der Waals surface area contributed by atoms with Crippen LogP contribution >= 0.6 is 0 Å². The van der Waals surface area contributed by atoms with Gasteiger partial charge in [-0.15, -0.1) is 0 Å². The van der Waals surface area contributed by atoms with E-state index >= 15 is 0 Å². The van der Waals surface area contributed by atoms with Crippen LogP contribution in [0.4, 0.5) is 11.4 Å². The molecule has 0 bridgehead atoms. The zero-order chi connectivity index (χ0) is 7.68. The molecule has 0 spiro atoms. The Morgan fingerprint density at radius 3 is 3.09 bits per heavy atom. The lowest BCUT2D eigenvalue weighted by Crippen LogP contribution is -2.34. The number of anilines is 1. The fourth-order valence-corrected chi connectivity index (χ4v) is 1.14. The summed E-state index contributed by atoms with van der Waals surface area (Å²) in [5.74, 6) is 5.69. The van der Waals surface area contributed by atoms with Gasteiger partial charge in [0.15, 0.2) is 0 Å². The highest BCUT2D eigenvalue weighted by Gasteiger charge is 2.08. The first-order valence-corrected chi connectivity index (χ1v) is 3.52. The maximum absolute atomic E-state index is 5.69. The third-order valence-electron chi connectivity index (χ3n) is 1.70. The van der Waals surface area contributed by atoms with Crippen LogP contribution in [0.3, 0.4) is 0 Å². The molecule has 2 rings (SSSR count). The van der Waals surface area contributed by atoms with Crippen LogP contribution in [0.15, 0.2) is 29.3 Å². The van der Waals surface area contributed by atoms with Crippen molar-refractivity contribution in [1.29, 1.82) is 0 Å². The van der Waals surface area contributed by atoms with Crippen LogP contribution in [0.2, 0.25) is 0 Å². The lowest BCUT2D eigenvalue weighted by Gasteiger charge is -2.21. The number of hydrogen-bond acceptors (Lipinski definition) is 3. The van der Waals surface area contributed by atoms with Crippen LogP contribution in [-0.4, -0.2) is 12.8 Å². The third kappa shape index (κ3) is 0.991. The van der Waals surface area contributed by atoms with Gasteiger partial charge in [-0.2, -0.15) is 0 Å². The summed E-state index contributed by atoms with van der Waals surface area (Å²) < 4.78 is 0. The molecule has 0 fully saturated rings. The summed E-state index contributed by atoms with van der Waals surface area (Å²) in [6.45, 7) is 0.691. The summed E-state index contributed by atoms with van der Waals surface area (Å²) in [4.78, 5) is 4.20. The van der Waals surface area contributed by atoms with Gasteiger partial charge in [-0.05, 0) is 12.1 Å². The second-order valence-electron chi connectivity index (χ2n) is 2.45. The molecule has 0 unspecified atom stereocenters. The van der Waals surface area contributed by atoms with Crippen molar-refractivity contribution in [3.05, 3.63) is 24.3 Å². The summed E-state index contributed by atoms with van der Waals surface area (Å²) >= 11 is 0. The van der Waals surface area contributed by atoms with Crippen LogP contribution in [0.1, 0.15) is 1.43 Å². The van der Waals surface area contributed by atoms with Crippen molar-refractivity contribution in [2.24, 2.45) is 10.8 Å². The smallest absolute Gasteiger partial charge is 0.304 e.